The molecule has 1 aromatic heterocycles. The normalized spacial score (nSPS) is 25.2. The third-order valence-electron chi connectivity index (χ3n) is 6.89. The Bertz CT molecular complexity index is 1360. The van der Waals surface area contributed by atoms with Crippen LogP contribution in [-0.2, 0) is 10.6 Å². The predicted molar refractivity (Wildman–Crippen MR) is 130 cm³/mol. The predicted octanol–water partition coefficient (Wildman–Crippen LogP) is 3.18. The van der Waals surface area contributed by atoms with Gasteiger partial charge in [-0.2, -0.15) is 5.26 Å². The molecular weight excluding hydrogens is 442 g/mol. The van der Waals surface area contributed by atoms with Crippen LogP contribution in [-0.4, -0.2) is 46.7 Å². The summed E-state index contributed by atoms with van der Waals surface area (Å²) < 4.78 is 6.75. The Morgan fingerprint density at radius 2 is 1.91 bits per heavy atom. The largest absolute Gasteiger partial charge is 0.485 e. The van der Waals surface area contributed by atoms with Gasteiger partial charge in [0, 0.05) is 32.4 Å². The lowest BCUT2D eigenvalue weighted by molar-refractivity contribution is -0.204. The van der Waals surface area contributed by atoms with Crippen LogP contribution in [0.3, 0.4) is 0 Å². The Balaban J connectivity index is 1.43. The van der Waals surface area contributed by atoms with Gasteiger partial charge in [0.05, 0.1) is 23.7 Å². The molecule has 0 saturated carbocycles. The molecule has 1 fully saturated rings. The summed E-state index contributed by atoms with van der Waals surface area (Å²) in [5, 5.41) is 10.9. The second-order valence-corrected chi connectivity index (χ2v) is 9.28. The highest BCUT2D eigenvalue weighted by molar-refractivity contribution is 5.79. The number of nitrogens with zero attached hydrogens (tertiary/aromatic N) is 6. The van der Waals surface area contributed by atoms with Crippen molar-refractivity contribution in [1.82, 2.24) is 15.0 Å². The molecule has 0 bridgehead atoms. The van der Waals surface area contributed by atoms with E-state index in [4.69, 9.17) is 20.3 Å². The Hall–Kier alpha value is -4.16. The van der Waals surface area contributed by atoms with Crippen LogP contribution in [0, 0.1) is 11.3 Å². The van der Waals surface area contributed by atoms with Crippen LogP contribution in [0.4, 0.5) is 5.95 Å². The van der Waals surface area contributed by atoms with Gasteiger partial charge in [0.2, 0.25) is 17.6 Å². The van der Waals surface area contributed by atoms with Crippen molar-refractivity contribution in [3.63, 3.8) is 0 Å². The van der Waals surface area contributed by atoms with Gasteiger partial charge in [-0.3, -0.25) is 0 Å². The zero-order chi connectivity index (χ0) is 24.0. The summed E-state index contributed by atoms with van der Waals surface area (Å²) in [5.74, 6) is 1.73. The van der Waals surface area contributed by atoms with Crippen molar-refractivity contribution in [3.8, 4) is 22.9 Å². The minimum Gasteiger partial charge on any atom is -0.485 e. The average molecular weight is 468 g/mol. The fraction of sp³-hybridized carbons (Fsp3) is 0.308. The van der Waals surface area contributed by atoms with Gasteiger partial charge in [0.15, 0.2) is 0 Å². The molecule has 9 heteroatoms. The van der Waals surface area contributed by atoms with Gasteiger partial charge in [-0.15, -0.1) is 0 Å². The van der Waals surface area contributed by atoms with E-state index in [1.165, 1.54) is 5.06 Å². The van der Waals surface area contributed by atoms with Gasteiger partial charge in [-0.05, 0) is 54.3 Å². The van der Waals surface area contributed by atoms with Crippen LogP contribution in [0.2, 0.25) is 0 Å². The van der Waals surface area contributed by atoms with Gasteiger partial charge in [-0.25, -0.2) is 24.9 Å². The minimum absolute atomic E-state index is 0.323. The molecule has 2 aromatic carbocycles. The molecule has 4 heterocycles. The number of rotatable bonds is 2. The number of benzene rings is 2. The summed E-state index contributed by atoms with van der Waals surface area (Å²) in [6.45, 7) is 1.47. The molecule has 1 saturated heterocycles. The Kier molecular flexibility index (Phi) is 4.86. The molecule has 2 unspecified atom stereocenters. The fourth-order valence-electron chi connectivity index (χ4n) is 5.35. The van der Waals surface area contributed by atoms with Crippen molar-refractivity contribution in [1.29, 1.82) is 5.26 Å². The molecule has 3 aliphatic heterocycles. The molecule has 9 nitrogen and oxygen atoms in total. The molecule has 2 N–H and O–H groups in total. The van der Waals surface area contributed by atoms with Crippen LogP contribution in [0.25, 0.3) is 11.1 Å². The quantitative estimate of drug-likeness (QED) is 0.611. The third kappa shape index (κ3) is 3.63. The van der Waals surface area contributed by atoms with Gasteiger partial charge < -0.3 is 15.4 Å². The van der Waals surface area contributed by atoms with Gasteiger partial charge in [-0.1, -0.05) is 18.2 Å². The Morgan fingerprint density at radius 3 is 2.69 bits per heavy atom. The number of nitriles is 1. The van der Waals surface area contributed by atoms with E-state index in [-0.39, 0.29) is 0 Å². The standard InChI is InChI=1S/C26H25N7O2/c1-32-23(28)31-26(35-32)16-25(9-3-12-33(17-25)24-29-10-4-11-30-24)34-22-8-7-20(14-21(22)26)19-6-2-5-18(13-19)15-27/h2,4-8,10-11,13-14H,3,9,12,16-17H2,1H3,(H2,28,31). The van der Waals surface area contributed by atoms with Crippen LogP contribution >= 0.6 is 0 Å². The second-order valence-electron chi connectivity index (χ2n) is 9.28. The SMILES string of the molecule is CN1OC2(CC3(CCCN(c4ncccn4)C3)Oc3ccc(-c4cccc(C#N)c4)cc32)N=C1N. The van der Waals surface area contributed by atoms with Crippen molar-refractivity contribution in [3.05, 3.63) is 72.1 Å². The van der Waals surface area contributed by atoms with Crippen molar-refractivity contribution in [2.45, 2.75) is 30.6 Å². The molecule has 0 aliphatic carbocycles. The molecule has 176 valence electrons. The van der Waals surface area contributed by atoms with Crippen molar-refractivity contribution >= 4 is 11.9 Å². The third-order valence-corrected chi connectivity index (χ3v) is 6.89. The number of nitrogens with two attached hydrogens (primary N) is 1. The number of anilines is 1. The summed E-state index contributed by atoms with van der Waals surface area (Å²) >= 11 is 0. The summed E-state index contributed by atoms with van der Waals surface area (Å²) in [7, 11) is 1.76. The van der Waals surface area contributed by atoms with E-state index in [0.29, 0.717) is 30.4 Å². The number of hydroxylamine groups is 2. The summed E-state index contributed by atoms with van der Waals surface area (Å²) in [6.07, 6.45) is 5.79. The zero-order valence-electron chi connectivity index (χ0n) is 19.4. The minimum atomic E-state index is -1.00. The van der Waals surface area contributed by atoms with Crippen LogP contribution < -0.4 is 15.4 Å². The van der Waals surface area contributed by atoms with Crippen LogP contribution in [0.1, 0.15) is 30.4 Å². The van der Waals surface area contributed by atoms with E-state index in [2.05, 4.69) is 20.9 Å². The number of aliphatic imine (C=N–C) groups is 1. The maximum absolute atomic E-state index is 9.33. The molecule has 2 atom stereocenters. The molecule has 35 heavy (non-hydrogen) atoms. The fourth-order valence-corrected chi connectivity index (χ4v) is 5.35. The zero-order valence-corrected chi connectivity index (χ0v) is 19.4. The summed E-state index contributed by atoms with van der Waals surface area (Å²) in [5.41, 5.74) is 7.99. The van der Waals surface area contributed by atoms with Gasteiger partial charge in [0.1, 0.15) is 11.4 Å². The van der Waals surface area contributed by atoms with Crippen molar-refractivity contribution in [2.75, 3.05) is 25.0 Å². The van der Waals surface area contributed by atoms with E-state index >= 15 is 0 Å². The number of guanidine groups is 1. The smallest absolute Gasteiger partial charge is 0.225 e. The van der Waals surface area contributed by atoms with Gasteiger partial charge >= 0.3 is 0 Å². The number of aromatic nitrogens is 2. The molecule has 0 amide bonds. The maximum Gasteiger partial charge on any atom is 0.225 e. The first-order chi connectivity index (χ1) is 17.0. The Morgan fingerprint density at radius 1 is 1.09 bits per heavy atom. The molecule has 2 spiro atoms. The van der Waals surface area contributed by atoms with Crippen LogP contribution in [0.15, 0.2) is 65.9 Å². The lowest BCUT2D eigenvalue weighted by Gasteiger charge is -2.49. The first-order valence-electron chi connectivity index (χ1n) is 11.6. The number of hydrogen-bond acceptors (Lipinski definition) is 9. The number of fused-ring (bicyclic) bond motifs is 2. The molecule has 3 aromatic rings. The first kappa shape index (κ1) is 21.4. The molecule has 3 aliphatic rings. The van der Waals surface area contributed by atoms with E-state index in [9.17, 15) is 5.26 Å². The first-order valence-corrected chi connectivity index (χ1v) is 11.6. The Labute approximate surface area is 203 Å². The monoisotopic (exact) mass is 467 g/mol. The van der Waals surface area contributed by atoms with Gasteiger partial charge in [0.25, 0.3) is 0 Å². The number of piperidine rings is 1. The maximum atomic E-state index is 9.33. The van der Waals surface area contributed by atoms with E-state index in [0.717, 1.165) is 41.8 Å². The molecular formula is C26H25N7O2. The summed E-state index contributed by atoms with van der Waals surface area (Å²) in [6, 6.07) is 17.6. The van der Waals surface area contributed by atoms with E-state index < -0.39 is 11.3 Å². The number of ether oxygens (including phenoxy) is 1. The average Bonchev–Trinajstić information content (AvgIpc) is 3.17. The topological polar surface area (TPSA) is 113 Å². The summed E-state index contributed by atoms with van der Waals surface area (Å²) in [4.78, 5) is 22.2. The lowest BCUT2D eigenvalue weighted by atomic mass is 9.79. The number of hydrogen-bond donors (Lipinski definition) is 1. The molecule has 6 rings (SSSR count). The highest BCUT2D eigenvalue weighted by Crippen LogP contribution is 2.52. The second kappa shape index (κ2) is 7.96. The van der Waals surface area contributed by atoms with E-state index in [1.54, 1.807) is 25.5 Å². The van der Waals surface area contributed by atoms with Crippen molar-refractivity contribution in [2.24, 2.45) is 10.7 Å². The highest BCUT2D eigenvalue weighted by atomic mass is 16.7. The molecule has 0 radical (unpaired) electrons. The lowest BCUT2D eigenvalue weighted by Crippen LogP contribution is -2.57. The highest BCUT2D eigenvalue weighted by Gasteiger charge is 2.55. The van der Waals surface area contributed by atoms with E-state index in [1.807, 2.05) is 42.5 Å². The van der Waals surface area contributed by atoms with Crippen molar-refractivity contribution < 1.29 is 9.57 Å². The van der Waals surface area contributed by atoms with Crippen LogP contribution in [0.5, 0.6) is 5.75 Å².